The van der Waals surface area contributed by atoms with E-state index in [0.717, 1.165) is 40.6 Å². The number of hydrogen-bond donors (Lipinski definition) is 3. The first-order chi connectivity index (χ1) is 17.8. The number of nitrogens with zero attached hydrogens (tertiary/aromatic N) is 2. The molecule has 37 heavy (non-hydrogen) atoms. The van der Waals surface area contributed by atoms with Crippen molar-refractivity contribution in [2.24, 2.45) is 5.92 Å². The highest BCUT2D eigenvalue weighted by molar-refractivity contribution is 7.91. The molecule has 2 aliphatic heterocycles. The van der Waals surface area contributed by atoms with Crippen LogP contribution in [0.15, 0.2) is 35.5 Å². The molecule has 0 aromatic carbocycles. The SMILES string of the molecule is CCc1cc2c(-c3cncc(C)c3)cnc(N[C@@H]3CCNC[C@H]3OCC3CCS(=O)(=O)CC3)c2[nH]c1=O. The van der Waals surface area contributed by atoms with Gasteiger partial charge in [-0.15, -0.1) is 0 Å². The number of pyridine rings is 3. The number of aromatic amines is 1. The number of anilines is 1. The molecule has 198 valence electrons. The second-order valence-electron chi connectivity index (χ2n) is 10.2. The predicted octanol–water partition coefficient (Wildman–Crippen LogP) is 2.84. The van der Waals surface area contributed by atoms with E-state index in [1.807, 2.05) is 38.5 Å². The number of piperidine rings is 1. The number of aromatic nitrogens is 3. The molecule has 0 unspecified atom stereocenters. The Kier molecular flexibility index (Phi) is 7.60. The number of hydrogen-bond acceptors (Lipinski definition) is 8. The highest BCUT2D eigenvalue weighted by atomic mass is 32.2. The minimum Gasteiger partial charge on any atom is -0.374 e. The lowest BCUT2D eigenvalue weighted by molar-refractivity contribution is 0.00666. The van der Waals surface area contributed by atoms with Crippen molar-refractivity contribution in [3.63, 3.8) is 0 Å². The van der Waals surface area contributed by atoms with Crippen molar-refractivity contribution < 1.29 is 13.2 Å². The van der Waals surface area contributed by atoms with Crippen molar-refractivity contribution in [2.45, 2.75) is 51.7 Å². The van der Waals surface area contributed by atoms with Crippen molar-refractivity contribution in [2.75, 3.05) is 36.5 Å². The average Bonchev–Trinajstić information content (AvgIpc) is 2.89. The van der Waals surface area contributed by atoms with Crippen LogP contribution in [-0.2, 0) is 21.0 Å². The molecule has 10 heteroatoms. The molecule has 9 nitrogen and oxygen atoms in total. The molecule has 0 saturated carbocycles. The van der Waals surface area contributed by atoms with E-state index in [2.05, 4.69) is 26.7 Å². The maximum atomic E-state index is 12.8. The van der Waals surface area contributed by atoms with Gasteiger partial charge in [0.05, 0.1) is 29.2 Å². The Bertz CT molecular complexity index is 1420. The van der Waals surface area contributed by atoms with E-state index in [1.54, 1.807) is 0 Å². The van der Waals surface area contributed by atoms with E-state index >= 15 is 0 Å². The van der Waals surface area contributed by atoms with Crippen molar-refractivity contribution in [3.05, 3.63) is 52.2 Å². The molecule has 0 spiro atoms. The van der Waals surface area contributed by atoms with E-state index in [1.165, 1.54) is 0 Å². The molecule has 0 radical (unpaired) electrons. The molecule has 0 bridgehead atoms. The van der Waals surface area contributed by atoms with Gasteiger partial charge in [0.15, 0.2) is 5.82 Å². The van der Waals surface area contributed by atoms with Gasteiger partial charge < -0.3 is 20.4 Å². The van der Waals surface area contributed by atoms with Gasteiger partial charge in [0.25, 0.3) is 5.56 Å². The first kappa shape index (κ1) is 25.8. The predicted molar refractivity (Wildman–Crippen MR) is 146 cm³/mol. The van der Waals surface area contributed by atoms with E-state index < -0.39 is 9.84 Å². The summed E-state index contributed by atoms with van der Waals surface area (Å²) in [5.74, 6) is 1.38. The summed E-state index contributed by atoms with van der Waals surface area (Å²) in [5, 5.41) is 7.90. The lowest BCUT2D eigenvalue weighted by Crippen LogP contribution is -2.50. The van der Waals surface area contributed by atoms with Crippen LogP contribution >= 0.6 is 0 Å². The van der Waals surface area contributed by atoms with Gasteiger partial charge in [-0.3, -0.25) is 9.78 Å². The summed E-state index contributed by atoms with van der Waals surface area (Å²) in [6, 6.07) is 4.04. The van der Waals surface area contributed by atoms with E-state index in [9.17, 15) is 13.2 Å². The van der Waals surface area contributed by atoms with Crippen LogP contribution in [0.2, 0.25) is 0 Å². The molecule has 2 fully saturated rings. The second kappa shape index (κ2) is 10.9. The zero-order valence-corrected chi connectivity index (χ0v) is 22.2. The Morgan fingerprint density at radius 1 is 1.14 bits per heavy atom. The summed E-state index contributed by atoms with van der Waals surface area (Å²) >= 11 is 0. The number of aryl methyl sites for hydroxylation is 2. The smallest absolute Gasteiger partial charge is 0.251 e. The quantitative estimate of drug-likeness (QED) is 0.430. The summed E-state index contributed by atoms with van der Waals surface area (Å²) in [4.78, 5) is 25.0. The van der Waals surface area contributed by atoms with Crippen molar-refractivity contribution in [1.29, 1.82) is 0 Å². The Balaban J connectivity index is 1.41. The Hall–Kier alpha value is -2.82. The molecule has 2 aliphatic rings. The van der Waals surface area contributed by atoms with Gasteiger partial charge in [0, 0.05) is 53.8 Å². The fraction of sp³-hybridized carbons (Fsp3) is 0.519. The summed E-state index contributed by atoms with van der Waals surface area (Å²) in [6.45, 7) is 6.07. The summed E-state index contributed by atoms with van der Waals surface area (Å²) < 4.78 is 29.9. The lowest BCUT2D eigenvalue weighted by Gasteiger charge is -2.34. The first-order valence-corrected chi connectivity index (χ1v) is 14.9. The Morgan fingerprint density at radius 2 is 1.95 bits per heavy atom. The second-order valence-corrected chi connectivity index (χ2v) is 12.6. The van der Waals surface area contributed by atoms with Crippen LogP contribution in [0.1, 0.15) is 37.3 Å². The molecule has 5 rings (SSSR count). The van der Waals surface area contributed by atoms with Crippen LogP contribution in [0.4, 0.5) is 5.82 Å². The van der Waals surface area contributed by atoms with E-state index in [4.69, 9.17) is 9.72 Å². The normalized spacial score (nSPS) is 22.2. The zero-order valence-electron chi connectivity index (χ0n) is 21.4. The van der Waals surface area contributed by atoms with Crippen LogP contribution in [0.25, 0.3) is 22.0 Å². The van der Waals surface area contributed by atoms with Gasteiger partial charge in [-0.1, -0.05) is 6.92 Å². The molecule has 5 heterocycles. The lowest BCUT2D eigenvalue weighted by atomic mass is 10.00. The molecule has 0 aliphatic carbocycles. The van der Waals surface area contributed by atoms with Gasteiger partial charge in [0.2, 0.25) is 0 Å². The average molecular weight is 526 g/mol. The summed E-state index contributed by atoms with van der Waals surface area (Å²) in [6.07, 6.45) is 8.18. The number of fused-ring (bicyclic) bond motifs is 1. The highest BCUT2D eigenvalue weighted by Crippen LogP contribution is 2.31. The Labute approximate surface area is 217 Å². The van der Waals surface area contributed by atoms with Gasteiger partial charge in [0.1, 0.15) is 9.84 Å². The molecule has 3 aromatic heterocycles. The largest absolute Gasteiger partial charge is 0.374 e. The van der Waals surface area contributed by atoms with Crippen molar-refractivity contribution in [3.8, 4) is 11.1 Å². The third-order valence-corrected chi connectivity index (χ3v) is 9.22. The number of nitrogens with one attached hydrogen (secondary N) is 3. The molecular formula is C27H35N5O4S. The molecule has 3 N–H and O–H groups in total. The van der Waals surface area contributed by atoms with E-state index in [-0.39, 0.29) is 35.1 Å². The number of rotatable bonds is 7. The first-order valence-electron chi connectivity index (χ1n) is 13.1. The molecule has 2 atom stereocenters. The number of H-pyrrole nitrogens is 1. The van der Waals surface area contributed by atoms with Crippen molar-refractivity contribution >= 4 is 26.6 Å². The zero-order chi connectivity index (χ0) is 26.0. The Morgan fingerprint density at radius 3 is 2.70 bits per heavy atom. The molecular weight excluding hydrogens is 490 g/mol. The van der Waals surface area contributed by atoms with Crippen LogP contribution in [0.5, 0.6) is 0 Å². The molecule has 0 amide bonds. The monoisotopic (exact) mass is 525 g/mol. The minimum atomic E-state index is -2.89. The van der Waals surface area contributed by atoms with Gasteiger partial charge in [-0.05, 0) is 62.8 Å². The minimum absolute atomic E-state index is 0.00473. The standard InChI is InChI=1S/C27H35N5O4S/c1-3-19-11-21-22(20-10-17(2)12-29-13-20)14-30-26(25(21)32-27(19)33)31-23-4-7-28-15-24(23)36-16-18-5-8-37(34,35)9-6-18/h10-14,18,23-24,28H,3-9,15-16H2,1-2H3,(H,30,31)(H,32,33)/t23-,24-/m1/s1. The van der Waals surface area contributed by atoms with Crippen LogP contribution in [0.3, 0.4) is 0 Å². The van der Waals surface area contributed by atoms with Crippen molar-refractivity contribution in [1.82, 2.24) is 20.3 Å². The van der Waals surface area contributed by atoms with E-state index in [0.29, 0.717) is 43.7 Å². The molecule has 3 aromatic rings. The fourth-order valence-corrected chi connectivity index (χ4v) is 6.84. The molecule has 2 saturated heterocycles. The maximum Gasteiger partial charge on any atom is 0.251 e. The van der Waals surface area contributed by atoms with Gasteiger partial charge >= 0.3 is 0 Å². The number of sulfone groups is 1. The van der Waals surface area contributed by atoms with Crippen LogP contribution in [-0.4, -0.2) is 66.7 Å². The maximum absolute atomic E-state index is 12.8. The third-order valence-electron chi connectivity index (χ3n) is 7.50. The summed E-state index contributed by atoms with van der Waals surface area (Å²) in [7, 11) is -2.89. The third kappa shape index (κ3) is 5.86. The van der Waals surface area contributed by atoms with Crippen LogP contribution in [0, 0.1) is 12.8 Å². The van der Waals surface area contributed by atoms with Gasteiger partial charge in [-0.25, -0.2) is 13.4 Å². The summed E-state index contributed by atoms with van der Waals surface area (Å²) in [5.41, 5.74) is 4.23. The van der Waals surface area contributed by atoms with Gasteiger partial charge in [-0.2, -0.15) is 0 Å². The highest BCUT2D eigenvalue weighted by Gasteiger charge is 2.30. The topological polar surface area (TPSA) is 126 Å². The number of ether oxygens (including phenoxy) is 1. The van der Waals surface area contributed by atoms with Crippen LogP contribution < -0.4 is 16.2 Å². The fourth-order valence-electron chi connectivity index (χ4n) is 5.25.